The number of pyridine rings is 1. The third-order valence-corrected chi connectivity index (χ3v) is 3.41. The van der Waals surface area contributed by atoms with E-state index in [0.717, 1.165) is 28.8 Å². The van der Waals surface area contributed by atoms with Crippen molar-refractivity contribution in [2.75, 3.05) is 11.4 Å². The fourth-order valence-electron chi connectivity index (χ4n) is 1.99. The number of unbranched alkanes of at least 4 members (excludes halogenated alkanes) is 2. The van der Waals surface area contributed by atoms with Gasteiger partial charge in [-0.1, -0.05) is 19.8 Å². The zero-order chi connectivity index (χ0) is 13.5. The molecule has 0 fully saturated rings. The molecule has 18 heavy (non-hydrogen) atoms. The zero-order valence-electron chi connectivity index (χ0n) is 11.5. The average molecular weight is 315 g/mol. The van der Waals surface area contributed by atoms with Crippen LogP contribution in [0.2, 0.25) is 0 Å². The first-order valence-electron chi connectivity index (χ1n) is 6.62. The second-order valence-corrected chi connectivity index (χ2v) is 5.70. The lowest BCUT2D eigenvalue weighted by molar-refractivity contribution is 0.281. The second kappa shape index (κ2) is 7.74. The highest BCUT2D eigenvalue weighted by Gasteiger charge is 2.15. The van der Waals surface area contributed by atoms with Crippen molar-refractivity contribution in [3.05, 3.63) is 22.3 Å². The quantitative estimate of drug-likeness (QED) is 0.779. The van der Waals surface area contributed by atoms with Crippen LogP contribution in [0.5, 0.6) is 0 Å². The predicted molar refractivity (Wildman–Crippen MR) is 79.9 cm³/mol. The minimum absolute atomic E-state index is 0.0266. The highest BCUT2D eigenvalue weighted by molar-refractivity contribution is 9.10. The number of hydrogen-bond donors (Lipinski definition) is 1. The third-order valence-electron chi connectivity index (χ3n) is 2.98. The summed E-state index contributed by atoms with van der Waals surface area (Å²) in [5.41, 5.74) is 0.884. The largest absolute Gasteiger partial charge is 0.392 e. The van der Waals surface area contributed by atoms with E-state index in [1.54, 1.807) is 6.20 Å². The first kappa shape index (κ1) is 15.4. The SMILES string of the molecule is CCCCCN(c1ncc(Br)cc1CO)C(C)C. The number of nitrogens with zero attached hydrogens (tertiary/aromatic N) is 2. The van der Waals surface area contributed by atoms with Crippen LogP contribution in [0.4, 0.5) is 5.82 Å². The molecular formula is C14H23BrN2O. The fraction of sp³-hybridized carbons (Fsp3) is 0.643. The van der Waals surface area contributed by atoms with Gasteiger partial charge in [0.1, 0.15) is 5.82 Å². The summed E-state index contributed by atoms with van der Waals surface area (Å²) in [6, 6.07) is 2.33. The molecule has 0 saturated carbocycles. The van der Waals surface area contributed by atoms with Gasteiger partial charge in [-0.25, -0.2) is 4.98 Å². The van der Waals surface area contributed by atoms with Crippen LogP contribution in [0.1, 0.15) is 45.6 Å². The van der Waals surface area contributed by atoms with Crippen molar-refractivity contribution in [3.63, 3.8) is 0 Å². The molecule has 0 radical (unpaired) electrons. The second-order valence-electron chi connectivity index (χ2n) is 4.79. The van der Waals surface area contributed by atoms with Crippen LogP contribution >= 0.6 is 15.9 Å². The Balaban J connectivity index is 2.90. The highest BCUT2D eigenvalue weighted by Crippen LogP contribution is 2.23. The molecule has 1 N–H and O–H groups in total. The van der Waals surface area contributed by atoms with E-state index in [1.165, 1.54) is 12.8 Å². The molecule has 0 spiro atoms. The summed E-state index contributed by atoms with van der Waals surface area (Å²) in [4.78, 5) is 6.74. The van der Waals surface area contributed by atoms with Gasteiger partial charge in [-0.2, -0.15) is 0 Å². The van der Waals surface area contributed by atoms with E-state index >= 15 is 0 Å². The van der Waals surface area contributed by atoms with Crippen LogP contribution < -0.4 is 4.90 Å². The molecule has 0 amide bonds. The number of aliphatic hydroxyl groups excluding tert-OH is 1. The van der Waals surface area contributed by atoms with E-state index in [9.17, 15) is 5.11 Å². The van der Waals surface area contributed by atoms with Gasteiger partial charge in [0.15, 0.2) is 0 Å². The van der Waals surface area contributed by atoms with E-state index in [2.05, 4.69) is 46.6 Å². The number of aliphatic hydroxyl groups is 1. The Kier molecular flexibility index (Phi) is 6.65. The number of anilines is 1. The zero-order valence-corrected chi connectivity index (χ0v) is 13.1. The normalized spacial score (nSPS) is 11.0. The Morgan fingerprint density at radius 1 is 1.39 bits per heavy atom. The predicted octanol–water partition coefficient (Wildman–Crippen LogP) is 3.74. The molecule has 1 aromatic heterocycles. The molecule has 4 heteroatoms. The summed E-state index contributed by atoms with van der Waals surface area (Å²) >= 11 is 3.39. The third kappa shape index (κ3) is 4.25. The van der Waals surface area contributed by atoms with Crippen molar-refractivity contribution in [1.82, 2.24) is 4.98 Å². The van der Waals surface area contributed by atoms with Crippen LogP contribution in [0.25, 0.3) is 0 Å². The van der Waals surface area contributed by atoms with Crippen LogP contribution in [0.15, 0.2) is 16.7 Å². The molecule has 0 unspecified atom stereocenters. The van der Waals surface area contributed by atoms with E-state index in [4.69, 9.17) is 0 Å². The van der Waals surface area contributed by atoms with Gasteiger partial charge in [0, 0.05) is 28.8 Å². The Hall–Kier alpha value is -0.610. The fourth-order valence-corrected chi connectivity index (χ4v) is 2.37. The molecule has 1 aromatic rings. The van der Waals surface area contributed by atoms with Crippen molar-refractivity contribution >= 4 is 21.7 Å². The molecule has 0 aliphatic carbocycles. The Labute approximate surface area is 118 Å². The van der Waals surface area contributed by atoms with Gasteiger partial charge in [0.25, 0.3) is 0 Å². The summed E-state index contributed by atoms with van der Waals surface area (Å²) in [5.74, 6) is 0.909. The summed E-state index contributed by atoms with van der Waals surface area (Å²) in [5, 5.41) is 9.46. The molecule has 0 aliphatic rings. The lowest BCUT2D eigenvalue weighted by Gasteiger charge is -2.29. The average Bonchev–Trinajstić information content (AvgIpc) is 2.35. The Bertz CT molecular complexity index is 369. The molecule has 0 atom stereocenters. The van der Waals surface area contributed by atoms with Crippen molar-refractivity contribution in [2.45, 2.75) is 52.7 Å². The van der Waals surface area contributed by atoms with Crippen molar-refractivity contribution < 1.29 is 5.11 Å². The van der Waals surface area contributed by atoms with Crippen molar-refractivity contribution in [1.29, 1.82) is 0 Å². The van der Waals surface area contributed by atoms with Crippen LogP contribution in [0.3, 0.4) is 0 Å². The Morgan fingerprint density at radius 2 is 2.11 bits per heavy atom. The molecule has 0 bridgehead atoms. The number of aromatic nitrogens is 1. The van der Waals surface area contributed by atoms with E-state index in [0.29, 0.717) is 6.04 Å². The number of rotatable bonds is 7. The smallest absolute Gasteiger partial charge is 0.134 e. The van der Waals surface area contributed by atoms with Crippen LogP contribution in [-0.2, 0) is 6.61 Å². The maximum Gasteiger partial charge on any atom is 0.134 e. The monoisotopic (exact) mass is 314 g/mol. The first-order chi connectivity index (χ1) is 8.60. The van der Waals surface area contributed by atoms with Gasteiger partial charge in [-0.05, 0) is 42.3 Å². The molecule has 0 aliphatic heterocycles. The standard InChI is InChI=1S/C14H23BrN2O/c1-4-5-6-7-17(11(2)3)14-12(10-18)8-13(15)9-16-14/h8-9,11,18H,4-7,10H2,1-3H3. The molecule has 1 rings (SSSR count). The molecule has 0 aromatic carbocycles. The van der Waals surface area contributed by atoms with Crippen molar-refractivity contribution in [3.8, 4) is 0 Å². The van der Waals surface area contributed by atoms with Gasteiger partial charge in [0.05, 0.1) is 6.61 Å². The minimum Gasteiger partial charge on any atom is -0.392 e. The number of halogens is 1. The lowest BCUT2D eigenvalue weighted by Crippen LogP contribution is -2.33. The number of hydrogen-bond acceptors (Lipinski definition) is 3. The summed E-state index contributed by atoms with van der Waals surface area (Å²) in [6.07, 6.45) is 5.40. The molecule has 0 saturated heterocycles. The molecule has 1 heterocycles. The highest BCUT2D eigenvalue weighted by atomic mass is 79.9. The minimum atomic E-state index is 0.0266. The summed E-state index contributed by atoms with van der Waals surface area (Å²) in [6.45, 7) is 7.55. The van der Waals surface area contributed by atoms with E-state index in [1.807, 2.05) is 6.07 Å². The maximum atomic E-state index is 9.46. The van der Waals surface area contributed by atoms with Gasteiger partial charge in [-0.15, -0.1) is 0 Å². The summed E-state index contributed by atoms with van der Waals surface area (Å²) < 4.78 is 0.910. The van der Waals surface area contributed by atoms with Gasteiger partial charge in [0.2, 0.25) is 0 Å². The molecule has 3 nitrogen and oxygen atoms in total. The molecule has 102 valence electrons. The Morgan fingerprint density at radius 3 is 2.67 bits per heavy atom. The van der Waals surface area contributed by atoms with E-state index in [-0.39, 0.29) is 6.61 Å². The molecular weight excluding hydrogens is 292 g/mol. The first-order valence-corrected chi connectivity index (χ1v) is 7.41. The summed E-state index contributed by atoms with van der Waals surface area (Å²) in [7, 11) is 0. The van der Waals surface area contributed by atoms with Crippen LogP contribution in [0, 0.1) is 0 Å². The van der Waals surface area contributed by atoms with Gasteiger partial charge < -0.3 is 10.0 Å². The topological polar surface area (TPSA) is 36.4 Å². The van der Waals surface area contributed by atoms with E-state index < -0.39 is 0 Å². The lowest BCUT2D eigenvalue weighted by atomic mass is 10.2. The van der Waals surface area contributed by atoms with Crippen molar-refractivity contribution in [2.24, 2.45) is 0 Å². The maximum absolute atomic E-state index is 9.46. The van der Waals surface area contributed by atoms with Crippen LogP contribution in [-0.4, -0.2) is 22.7 Å². The van der Waals surface area contributed by atoms with Gasteiger partial charge in [-0.3, -0.25) is 0 Å². The van der Waals surface area contributed by atoms with Gasteiger partial charge >= 0.3 is 0 Å².